The SMILES string of the molecule is CNC(=O)c1ccc(CNCC2(OC)CCOC2)cc1. The standard InChI is InChI=1S/C15H22N2O3/c1-16-14(18)13-5-3-12(4-6-13)9-17-10-15(19-2)7-8-20-11-15/h3-6,17H,7-11H2,1-2H3,(H,16,18). The summed E-state index contributed by atoms with van der Waals surface area (Å²) in [6.07, 6.45) is 0.923. The number of amides is 1. The zero-order valence-electron chi connectivity index (χ0n) is 12.1. The van der Waals surface area contributed by atoms with Gasteiger partial charge in [0.05, 0.1) is 6.61 Å². The molecule has 0 aromatic heterocycles. The van der Waals surface area contributed by atoms with Gasteiger partial charge in [0.2, 0.25) is 0 Å². The Morgan fingerprint density at radius 1 is 1.40 bits per heavy atom. The smallest absolute Gasteiger partial charge is 0.251 e. The maximum Gasteiger partial charge on any atom is 0.251 e. The molecule has 0 spiro atoms. The molecule has 0 bridgehead atoms. The third kappa shape index (κ3) is 3.56. The molecular formula is C15H22N2O3. The summed E-state index contributed by atoms with van der Waals surface area (Å²) in [5.74, 6) is -0.0639. The Bertz CT molecular complexity index is 439. The monoisotopic (exact) mass is 278 g/mol. The number of nitrogens with one attached hydrogen (secondary N) is 2. The van der Waals surface area contributed by atoms with E-state index in [1.807, 2.05) is 24.3 Å². The number of benzene rings is 1. The van der Waals surface area contributed by atoms with E-state index in [1.54, 1.807) is 14.2 Å². The van der Waals surface area contributed by atoms with Crippen LogP contribution in [0.25, 0.3) is 0 Å². The number of carbonyl (C=O) groups excluding carboxylic acids is 1. The highest BCUT2D eigenvalue weighted by atomic mass is 16.5. The van der Waals surface area contributed by atoms with E-state index in [1.165, 1.54) is 0 Å². The molecule has 1 aliphatic heterocycles. The van der Waals surface area contributed by atoms with Gasteiger partial charge in [-0.05, 0) is 17.7 Å². The molecule has 1 aromatic rings. The Kier molecular flexibility index (Phi) is 5.11. The molecule has 5 heteroatoms. The number of hydrogen-bond acceptors (Lipinski definition) is 4. The maximum absolute atomic E-state index is 11.4. The van der Waals surface area contributed by atoms with Crippen molar-refractivity contribution in [3.63, 3.8) is 0 Å². The van der Waals surface area contributed by atoms with Crippen LogP contribution in [0.15, 0.2) is 24.3 Å². The summed E-state index contributed by atoms with van der Waals surface area (Å²) in [4.78, 5) is 11.4. The molecule has 2 rings (SSSR count). The average Bonchev–Trinajstić information content (AvgIpc) is 2.96. The molecule has 5 nitrogen and oxygen atoms in total. The minimum atomic E-state index is -0.192. The Balaban J connectivity index is 1.83. The van der Waals surface area contributed by atoms with Crippen LogP contribution in [0.4, 0.5) is 0 Å². The van der Waals surface area contributed by atoms with Gasteiger partial charge in [-0.1, -0.05) is 12.1 Å². The van der Waals surface area contributed by atoms with Crippen molar-refractivity contribution >= 4 is 5.91 Å². The van der Waals surface area contributed by atoms with E-state index < -0.39 is 0 Å². The molecular weight excluding hydrogens is 256 g/mol. The van der Waals surface area contributed by atoms with Crippen molar-refractivity contribution in [1.82, 2.24) is 10.6 Å². The average molecular weight is 278 g/mol. The molecule has 1 heterocycles. The van der Waals surface area contributed by atoms with Crippen LogP contribution in [0, 0.1) is 0 Å². The van der Waals surface area contributed by atoms with Crippen LogP contribution >= 0.6 is 0 Å². The van der Waals surface area contributed by atoms with Crippen LogP contribution < -0.4 is 10.6 Å². The Hall–Kier alpha value is -1.43. The first-order valence-electron chi connectivity index (χ1n) is 6.84. The van der Waals surface area contributed by atoms with Gasteiger partial charge in [-0.15, -0.1) is 0 Å². The first kappa shape index (κ1) is 15.0. The van der Waals surface area contributed by atoms with E-state index >= 15 is 0 Å². The summed E-state index contributed by atoms with van der Waals surface area (Å²) in [5.41, 5.74) is 1.62. The molecule has 1 fully saturated rings. The highest BCUT2D eigenvalue weighted by Crippen LogP contribution is 2.21. The zero-order chi connectivity index (χ0) is 14.4. The second-order valence-corrected chi connectivity index (χ2v) is 5.07. The lowest BCUT2D eigenvalue weighted by Crippen LogP contribution is -2.42. The summed E-state index contributed by atoms with van der Waals surface area (Å²) >= 11 is 0. The van der Waals surface area contributed by atoms with Gasteiger partial charge in [0.1, 0.15) is 5.60 Å². The Labute approximate surface area is 119 Å². The van der Waals surface area contributed by atoms with E-state index in [9.17, 15) is 4.79 Å². The summed E-state index contributed by atoms with van der Waals surface area (Å²) in [6.45, 7) is 2.92. The van der Waals surface area contributed by atoms with Crippen LogP contribution in [-0.2, 0) is 16.0 Å². The topological polar surface area (TPSA) is 59.6 Å². The number of ether oxygens (including phenoxy) is 2. The highest BCUT2D eigenvalue weighted by molar-refractivity contribution is 5.93. The molecule has 20 heavy (non-hydrogen) atoms. The fourth-order valence-corrected chi connectivity index (χ4v) is 2.31. The van der Waals surface area contributed by atoms with Gasteiger partial charge in [0, 0.05) is 45.8 Å². The van der Waals surface area contributed by atoms with Crippen LogP contribution in [0.5, 0.6) is 0 Å². The quantitative estimate of drug-likeness (QED) is 0.813. The lowest BCUT2D eigenvalue weighted by molar-refractivity contribution is -0.0159. The molecule has 1 unspecified atom stereocenters. The van der Waals surface area contributed by atoms with Crippen molar-refractivity contribution in [1.29, 1.82) is 0 Å². The van der Waals surface area contributed by atoms with Crippen molar-refractivity contribution in [2.45, 2.75) is 18.6 Å². The van der Waals surface area contributed by atoms with E-state index in [0.717, 1.165) is 31.7 Å². The molecule has 110 valence electrons. The van der Waals surface area contributed by atoms with Crippen molar-refractivity contribution < 1.29 is 14.3 Å². The normalized spacial score (nSPS) is 21.9. The predicted molar refractivity (Wildman–Crippen MR) is 76.7 cm³/mol. The molecule has 1 saturated heterocycles. The van der Waals surface area contributed by atoms with Gasteiger partial charge >= 0.3 is 0 Å². The van der Waals surface area contributed by atoms with E-state index in [4.69, 9.17) is 9.47 Å². The lowest BCUT2D eigenvalue weighted by atomic mass is 10.0. The van der Waals surface area contributed by atoms with Crippen molar-refractivity contribution in [3.8, 4) is 0 Å². The van der Waals surface area contributed by atoms with Crippen LogP contribution in [-0.4, -0.2) is 45.4 Å². The summed E-state index contributed by atoms with van der Waals surface area (Å²) in [7, 11) is 3.36. The molecule has 1 amide bonds. The molecule has 1 aromatic carbocycles. The van der Waals surface area contributed by atoms with Crippen molar-refractivity contribution in [2.24, 2.45) is 0 Å². The van der Waals surface area contributed by atoms with Gasteiger partial charge < -0.3 is 20.1 Å². The fraction of sp³-hybridized carbons (Fsp3) is 0.533. The summed E-state index contributed by atoms with van der Waals surface area (Å²) < 4.78 is 11.0. The molecule has 0 saturated carbocycles. The third-order valence-electron chi connectivity index (χ3n) is 3.72. The summed E-state index contributed by atoms with van der Waals surface area (Å²) in [6, 6.07) is 7.59. The predicted octanol–water partition coefficient (Wildman–Crippen LogP) is 0.941. The Morgan fingerprint density at radius 2 is 2.15 bits per heavy atom. The lowest BCUT2D eigenvalue weighted by Gasteiger charge is -2.26. The van der Waals surface area contributed by atoms with Gasteiger partial charge in [0.25, 0.3) is 5.91 Å². The molecule has 0 radical (unpaired) electrons. The van der Waals surface area contributed by atoms with Gasteiger partial charge in [-0.2, -0.15) is 0 Å². The van der Waals surface area contributed by atoms with Gasteiger partial charge in [-0.25, -0.2) is 0 Å². The number of methoxy groups -OCH3 is 1. The van der Waals surface area contributed by atoms with Gasteiger partial charge in [-0.3, -0.25) is 4.79 Å². The van der Waals surface area contributed by atoms with E-state index in [-0.39, 0.29) is 11.5 Å². The van der Waals surface area contributed by atoms with Crippen LogP contribution in [0.2, 0.25) is 0 Å². The first-order chi connectivity index (χ1) is 9.69. The number of carbonyl (C=O) groups is 1. The minimum absolute atomic E-state index is 0.0639. The second kappa shape index (κ2) is 6.83. The van der Waals surface area contributed by atoms with Crippen LogP contribution in [0.1, 0.15) is 22.3 Å². The number of rotatable bonds is 6. The molecule has 1 atom stereocenters. The third-order valence-corrected chi connectivity index (χ3v) is 3.72. The van der Waals surface area contributed by atoms with Gasteiger partial charge in [0.15, 0.2) is 0 Å². The minimum Gasteiger partial charge on any atom is -0.378 e. The Morgan fingerprint density at radius 3 is 2.70 bits per heavy atom. The summed E-state index contributed by atoms with van der Waals surface area (Å²) in [5, 5.41) is 6.00. The fourth-order valence-electron chi connectivity index (χ4n) is 2.31. The maximum atomic E-state index is 11.4. The largest absolute Gasteiger partial charge is 0.378 e. The highest BCUT2D eigenvalue weighted by Gasteiger charge is 2.34. The molecule has 0 aliphatic carbocycles. The van der Waals surface area contributed by atoms with E-state index in [2.05, 4.69) is 10.6 Å². The van der Waals surface area contributed by atoms with Crippen molar-refractivity contribution in [2.75, 3.05) is 33.9 Å². The van der Waals surface area contributed by atoms with E-state index in [0.29, 0.717) is 12.2 Å². The zero-order valence-corrected chi connectivity index (χ0v) is 12.1. The molecule has 1 aliphatic rings. The number of hydrogen-bond donors (Lipinski definition) is 2. The second-order valence-electron chi connectivity index (χ2n) is 5.07. The van der Waals surface area contributed by atoms with Crippen LogP contribution in [0.3, 0.4) is 0 Å². The molecule has 2 N–H and O–H groups in total. The van der Waals surface area contributed by atoms with Crippen molar-refractivity contribution in [3.05, 3.63) is 35.4 Å². The first-order valence-corrected chi connectivity index (χ1v) is 6.84.